The number of nitrogens with two attached hydrogens (primary N) is 1. The first kappa shape index (κ1) is 11.5. The van der Waals surface area contributed by atoms with Gasteiger partial charge < -0.3 is 10.3 Å². The third kappa shape index (κ3) is 2.25. The second-order valence-corrected chi connectivity index (χ2v) is 6.33. The van der Waals surface area contributed by atoms with Crippen molar-refractivity contribution in [3.8, 4) is 0 Å². The zero-order valence-electron chi connectivity index (χ0n) is 9.09. The summed E-state index contributed by atoms with van der Waals surface area (Å²) in [6, 6.07) is -0.265. The minimum absolute atomic E-state index is 0.118. The minimum Gasteiger partial charge on any atom is -0.338 e. The molecule has 1 fully saturated rings. The van der Waals surface area contributed by atoms with Gasteiger partial charge in [-0.3, -0.25) is 0 Å². The molecule has 7 heteroatoms. The van der Waals surface area contributed by atoms with E-state index in [-0.39, 0.29) is 23.5 Å². The average Bonchev–Trinajstić information content (AvgIpc) is 2.83. The predicted molar refractivity (Wildman–Crippen MR) is 57.5 cm³/mol. The number of nitrogens with zero attached hydrogens (tertiary/aromatic N) is 2. The van der Waals surface area contributed by atoms with Crippen molar-refractivity contribution in [3.05, 3.63) is 11.7 Å². The van der Waals surface area contributed by atoms with Gasteiger partial charge in [0.2, 0.25) is 5.89 Å². The minimum atomic E-state index is -2.91. The van der Waals surface area contributed by atoms with E-state index in [1.807, 2.05) is 6.92 Å². The second-order valence-electron chi connectivity index (χ2n) is 4.11. The molecule has 0 aromatic carbocycles. The van der Waals surface area contributed by atoms with Crippen molar-refractivity contribution >= 4 is 9.84 Å². The molecule has 0 amide bonds. The molecule has 0 aliphatic carbocycles. The van der Waals surface area contributed by atoms with E-state index in [9.17, 15) is 8.42 Å². The van der Waals surface area contributed by atoms with Gasteiger partial charge in [0.05, 0.1) is 17.5 Å². The molecule has 6 nitrogen and oxygen atoms in total. The van der Waals surface area contributed by atoms with Gasteiger partial charge in [0.25, 0.3) is 0 Å². The third-order valence-electron chi connectivity index (χ3n) is 2.81. The zero-order chi connectivity index (χ0) is 11.8. The fraction of sp³-hybridized carbons (Fsp3) is 0.778. The first-order valence-corrected chi connectivity index (χ1v) is 7.13. The molecule has 0 saturated carbocycles. The number of sulfone groups is 1. The lowest BCUT2D eigenvalue weighted by molar-refractivity contribution is 0.346. The summed E-state index contributed by atoms with van der Waals surface area (Å²) in [5.74, 6) is 1.06. The van der Waals surface area contributed by atoms with E-state index in [1.54, 1.807) is 0 Å². The highest BCUT2D eigenvalue weighted by molar-refractivity contribution is 7.91. The number of aromatic nitrogens is 2. The average molecular weight is 245 g/mol. The number of rotatable bonds is 3. The van der Waals surface area contributed by atoms with Gasteiger partial charge in [-0.2, -0.15) is 4.98 Å². The maximum atomic E-state index is 11.3. The van der Waals surface area contributed by atoms with Crippen molar-refractivity contribution < 1.29 is 12.9 Å². The Hall–Kier alpha value is -0.950. The van der Waals surface area contributed by atoms with Crippen LogP contribution in [0.3, 0.4) is 0 Å². The van der Waals surface area contributed by atoms with Gasteiger partial charge in [0, 0.05) is 5.92 Å². The fourth-order valence-electron chi connectivity index (χ4n) is 1.74. The highest BCUT2D eigenvalue weighted by Crippen LogP contribution is 2.27. The molecule has 1 aromatic heterocycles. The maximum absolute atomic E-state index is 11.3. The van der Waals surface area contributed by atoms with Crippen LogP contribution in [0.2, 0.25) is 0 Å². The molecule has 2 atom stereocenters. The van der Waals surface area contributed by atoms with Gasteiger partial charge in [-0.25, -0.2) is 8.42 Å². The van der Waals surface area contributed by atoms with Crippen molar-refractivity contribution in [1.82, 2.24) is 10.1 Å². The smallest absolute Gasteiger partial charge is 0.243 e. The first-order chi connectivity index (χ1) is 7.52. The Morgan fingerprint density at radius 1 is 1.62 bits per heavy atom. The lowest BCUT2D eigenvalue weighted by Gasteiger charge is -2.00. The van der Waals surface area contributed by atoms with Crippen molar-refractivity contribution in [3.63, 3.8) is 0 Å². The van der Waals surface area contributed by atoms with Crippen molar-refractivity contribution in [1.29, 1.82) is 0 Å². The van der Waals surface area contributed by atoms with Gasteiger partial charge >= 0.3 is 0 Å². The molecule has 1 aliphatic heterocycles. The standard InChI is InChI=1S/C9H15N3O3S/c1-2-7(10)9-11-8(12-15-9)6-3-4-16(13,14)5-6/h6-7H,2-5,10H2,1H3. The van der Waals surface area contributed by atoms with Gasteiger partial charge in [-0.05, 0) is 12.8 Å². The Morgan fingerprint density at radius 3 is 2.94 bits per heavy atom. The third-order valence-corrected chi connectivity index (χ3v) is 4.58. The zero-order valence-corrected chi connectivity index (χ0v) is 9.90. The van der Waals surface area contributed by atoms with Crippen LogP contribution in [0.1, 0.15) is 43.4 Å². The molecule has 90 valence electrons. The van der Waals surface area contributed by atoms with Gasteiger partial charge in [-0.1, -0.05) is 12.1 Å². The molecule has 2 N–H and O–H groups in total. The molecule has 0 spiro atoms. The molecule has 1 aromatic rings. The summed E-state index contributed by atoms with van der Waals surface area (Å²) in [5.41, 5.74) is 5.75. The normalized spacial score (nSPS) is 25.8. The molecule has 1 saturated heterocycles. The van der Waals surface area contributed by atoms with Crippen LogP contribution in [0.15, 0.2) is 4.52 Å². The van der Waals surface area contributed by atoms with Crippen molar-refractivity contribution in [2.24, 2.45) is 5.73 Å². The lowest BCUT2D eigenvalue weighted by atomic mass is 10.1. The summed E-state index contributed by atoms with van der Waals surface area (Å²) in [5, 5.41) is 3.80. The van der Waals surface area contributed by atoms with E-state index in [1.165, 1.54) is 0 Å². The maximum Gasteiger partial charge on any atom is 0.243 e. The molecule has 2 heterocycles. The molecular weight excluding hydrogens is 230 g/mol. The summed E-state index contributed by atoms with van der Waals surface area (Å²) in [4.78, 5) is 4.16. The van der Waals surface area contributed by atoms with Crippen molar-refractivity contribution in [2.45, 2.75) is 31.7 Å². The highest BCUT2D eigenvalue weighted by atomic mass is 32.2. The summed E-state index contributed by atoms with van der Waals surface area (Å²) < 4.78 is 27.6. The molecule has 1 aliphatic rings. The molecule has 2 rings (SSSR count). The Morgan fingerprint density at radius 2 is 2.38 bits per heavy atom. The summed E-state index contributed by atoms with van der Waals surface area (Å²) >= 11 is 0. The predicted octanol–water partition coefficient (Wildman–Crippen LogP) is 0.382. The molecule has 0 bridgehead atoms. The molecule has 16 heavy (non-hydrogen) atoms. The highest BCUT2D eigenvalue weighted by Gasteiger charge is 2.32. The lowest BCUT2D eigenvalue weighted by Crippen LogP contribution is -2.10. The van der Waals surface area contributed by atoms with Gasteiger partial charge in [0.1, 0.15) is 0 Å². The van der Waals surface area contributed by atoms with Crippen LogP contribution < -0.4 is 5.73 Å². The van der Waals surface area contributed by atoms with E-state index >= 15 is 0 Å². The van der Waals surface area contributed by atoms with Crippen LogP contribution in [0.4, 0.5) is 0 Å². The van der Waals surface area contributed by atoms with Crippen LogP contribution >= 0.6 is 0 Å². The number of hydrogen-bond acceptors (Lipinski definition) is 6. The topological polar surface area (TPSA) is 99.1 Å². The van der Waals surface area contributed by atoms with Crippen LogP contribution in [0, 0.1) is 0 Å². The van der Waals surface area contributed by atoms with E-state index < -0.39 is 9.84 Å². The van der Waals surface area contributed by atoms with Gasteiger partial charge in [-0.15, -0.1) is 0 Å². The largest absolute Gasteiger partial charge is 0.338 e. The Kier molecular flexibility index (Phi) is 2.98. The van der Waals surface area contributed by atoms with Gasteiger partial charge in [0.15, 0.2) is 15.7 Å². The molecule has 2 unspecified atom stereocenters. The van der Waals surface area contributed by atoms with Crippen LogP contribution in [0.25, 0.3) is 0 Å². The van der Waals surface area contributed by atoms with Crippen LogP contribution in [-0.4, -0.2) is 30.1 Å². The molecular formula is C9H15N3O3S. The monoisotopic (exact) mass is 245 g/mol. The number of hydrogen-bond donors (Lipinski definition) is 1. The Balaban J connectivity index is 2.14. The fourth-order valence-corrected chi connectivity index (χ4v) is 3.48. The summed E-state index contributed by atoms with van der Waals surface area (Å²) in [7, 11) is -2.91. The van der Waals surface area contributed by atoms with Crippen molar-refractivity contribution in [2.75, 3.05) is 11.5 Å². The summed E-state index contributed by atoms with van der Waals surface area (Å²) in [6.45, 7) is 1.93. The van der Waals surface area contributed by atoms with E-state index in [2.05, 4.69) is 10.1 Å². The second kappa shape index (κ2) is 4.14. The van der Waals surface area contributed by atoms with Crippen LogP contribution in [-0.2, 0) is 9.84 Å². The SMILES string of the molecule is CCC(N)c1nc(C2CCS(=O)(=O)C2)no1. The van der Waals surface area contributed by atoms with E-state index in [4.69, 9.17) is 10.3 Å². The summed E-state index contributed by atoms with van der Waals surface area (Å²) in [6.07, 6.45) is 1.28. The Labute approximate surface area is 94.1 Å². The Bertz CT molecular complexity index is 468. The molecule has 0 radical (unpaired) electrons. The van der Waals surface area contributed by atoms with E-state index in [0.29, 0.717) is 24.6 Å². The first-order valence-electron chi connectivity index (χ1n) is 5.31. The quantitative estimate of drug-likeness (QED) is 0.826. The van der Waals surface area contributed by atoms with E-state index in [0.717, 1.165) is 0 Å². The van der Waals surface area contributed by atoms with Crippen LogP contribution in [0.5, 0.6) is 0 Å².